The molecule has 1 fully saturated rings. The fourth-order valence-corrected chi connectivity index (χ4v) is 5.89. The van der Waals surface area contributed by atoms with Crippen molar-refractivity contribution in [3.63, 3.8) is 0 Å². The molecule has 0 saturated carbocycles. The highest BCUT2D eigenvalue weighted by atomic mass is 32.2. The largest absolute Gasteiger partial charge is 0.497 e. The Balaban J connectivity index is 1.39. The molecule has 0 aromatic heterocycles. The number of nitrogens with one attached hydrogen (secondary N) is 1. The highest BCUT2D eigenvalue weighted by Gasteiger charge is 2.32. The van der Waals surface area contributed by atoms with Crippen LogP contribution in [0.1, 0.15) is 37.8 Å². The van der Waals surface area contributed by atoms with Crippen LogP contribution in [0.2, 0.25) is 0 Å². The minimum absolute atomic E-state index is 0.0135. The molecule has 6 nitrogen and oxygen atoms in total. The zero-order valence-corrected chi connectivity index (χ0v) is 19.8. The molecule has 4 rings (SSSR count). The molecule has 7 heteroatoms. The molecule has 1 saturated heterocycles. The quantitative estimate of drug-likeness (QED) is 0.556. The van der Waals surface area contributed by atoms with Gasteiger partial charge in [-0.2, -0.15) is 4.31 Å². The maximum absolute atomic E-state index is 13.2. The first kappa shape index (κ1) is 23.3. The van der Waals surface area contributed by atoms with Crippen LogP contribution in [-0.2, 0) is 14.8 Å². The Hall–Kier alpha value is -2.90. The van der Waals surface area contributed by atoms with Crippen LogP contribution in [0.5, 0.6) is 5.75 Å². The number of benzene rings is 3. The molecule has 3 aromatic carbocycles. The number of amides is 1. The van der Waals surface area contributed by atoms with Gasteiger partial charge in [0.2, 0.25) is 15.9 Å². The molecule has 0 unspecified atom stereocenters. The third-order valence-corrected chi connectivity index (χ3v) is 8.32. The van der Waals surface area contributed by atoms with Gasteiger partial charge in [0, 0.05) is 19.0 Å². The Morgan fingerprint density at radius 2 is 1.70 bits per heavy atom. The number of hydrogen-bond acceptors (Lipinski definition) is 4. The molecular weight excluding hydrogens is 436 g/mol. The molecule has 0 bridgehead atoms. The summed E-state index contributed by atoms with van der Waals surface area (Å²) in [7, 11) is -1.96. The van der Waals surface area contributed by atoms with E-state index in [1.54, 1.807) is 19.2 Å². The normalized spacial score (nSPS) is 16.4. The van der Waals surface area contributed by atoms with Gasteiger partial charge in [-0.25, -0.2) is 8.42 Å². The SMILES string of the molecule is CC[C@H](NC(=O)C1CCN(S(=O)(=O)c2ccc3ccccc3c2)CC1)c1ccc(OC)cc1. The first-order valence-corrected chi connectivity index (χ1v) is 12.8. The van der Waals surface area contributed by atoms with E-state index < -0.39 is 10.0 Å². The lowest BCUT2D eigenvalue weighted by molar-refractivity contribution is -0.126. The standard InChI is InChI=1S/C26H30N2O4S/c1-3-25(20-8-11-23(32-2)12-9-20)27-26(29)21-14-16-28(17-15-21)33(30,31)24-13-10-19-6-4-5-7-22(19)18-24/h4-13,18,21,25H,3,14-17H2,1-2H3,(H,27,29)/t25-/m0/s1. The van der Waals surface area contributed by atoms with Gasteiger partial charge in [-0.05, 0) is 59.9 Å². The molecule has 0 aliphatic carbocycles. The number of hydrogen-bond donors (Lipinski definition) is 1. The zero-order chi connectivity index (χ0) is 23.4. The van der Waals surface area contributed by atoms with Crippen molar-refractivity contribution in [1.29, 1.82) is 0 Å². The van der Waals surface area contributed by atoms with Crippen LogP contribution in [0, 0.1) is 5.92 Å². The molecule has 1 amide bonds. The zero-order valence-electron chi connectivity index (χ0n) is 19.0. The van der Waals surface area contributed by atoms with E-state index >= 15 is 0 Å². The molecule has 0 spiro atoms. The second kappa shape index (κ2) is 9.93. The molecule has 33 heavy (non-hydrogen) atoms. The van der Waals surface area contributed by atoms with Crippen LogP contribution in [0.4, 0.5) is 0 Å². The summed E-state index contributed by atoms with van der Waals surface area (Å²) in [4.78, 5) is 13.2. The molecular formula is C26H30N2O4S. The van der Waals surface area contributed by atoms with Crippen molar-refractivity contribution in [2.45, 2.75) is 37.1 Å². The second-order valence-corrected chi connectivity index (χ2v) is 10.4. The van der Waals surface area contributed by atoms with Crippen molar-refractivity contribution in [3.05, 3.63) is 72.3 Å². The van der Waals surface area contributed by atoms with Crippen LogP contribution < -0.4 is 10.1 Å². The van der Waals surface area contributed by atoms with Crippen molar-refractivity contribution in [1.82, 2.24) is 9.62 Å². The van der Waals surface area contributed by atoms with E-state index in [9.17, 15) is 13.2 Å². The first-order chi connectivity index (χ1) is 15.9. The highest BCUT2D eigenvalue weighted by molar-refractivity contribution is 7.89. The Labute approximate surface area is 195 Å². The third-order valence-electron chi connectivity index (χ3n) is 6.43. The van der Waals surface area contributed by atoms with E-state index in [2.05, 4.69) is 5.32 Å². The lowest BCUT2D eigenvalue weighted by Gasteiger charge is -2.31. The summed E-state index contributed by atoms with van der Waals surface area (Å²) < 4.78 is 33.1. The number of carbonyl (C=O) groups excluding carboxylic acids is 1. The maximum Gasteiger partial charge on any atom is 0.243 e. The minimum Gasteiger partial charge on any atom is -0.497 e. The summed E-state index contributed by atoms with van der Waals surface area (Å²) in [6, 6.07) is 20.6. The molecule has 1 aliphatic heterocycles. The number of methoxy groups -OCH3 is 1. The van der Waals surface area contributed by atoms with Crippen molar-refractivity contribution in [2.24, 2.45) is 5.92 Å². The molecule has 0 radical (unpaired) electrons. The number of sulfonamides is 1. The van der Waals surface area contributed by atoms with E-state index in [1.807, 2.05) is 61.5 Å². The fraction of sp³-hybridized carbons (Fsp3) is 0.346. The smallest absolute Gasteiger partial charge is 0.243 e. The van der Waals surface area contributed by atoms with E-state index in [4.69, 9.17) is 4.74 Å². The van der Waals surface area contributed by atoms with E-state index in [0.717, 1.165) is 28.5 Å². The van der Waals surface area contributed by atoms with Crippen molar-refractivity contribution in [2.75, 3.05) is 20.2 Å². The molecule has 1 atom stereocenters. The van der Waals surface area contributed by atoms with E-state index in [-0.39, 0.29) is 17.9 Å². The summed E-state index contributed by atoms with van der Waals surface area (Å²) in [6.45, 7) is 2.72. The van der Waals surface area contributed by atoms with Gasteiger partial charge < -0.3 is 10.1 Å². The van der Waals surface area contributed by atoms with Gasteiger partial charge in [-0.3, -0.25) is 4.79 Å². The summed E-state index contributed by atoms with van der Waals surface area (Å²) in [5.74, 6) is 0.570. The number of nitrogens with zero attached hydrogens (tertiary/aromatic N) is 1. The third kappa shape index (κ3) is 5.04. The number of piperidine rings is 1. The van der Waals surface area contributed by atoms with E-state index in [1.165, 1.54) is 4.31 Å². The van der Waals surface area contributed by atoms with Crippen molar-refractivity contribution < 1.29 is 17.9 Å². The lowest BCUT2D eigenvalue weighted by Crippen LogP contribution is -2.43. The van der Waals surface area contributed by atoms with Gasteiger partial charge in [0.1, 0.15) is 5.75 Å². The molecule has 1 aliphatic rings. The van der Waals surface area contributed by atoms with Crippen LogP contribution in [0.25, 0.3) is 10.8 Å². The Bertz CT molecular complexity index is 1220. The van der Waals surface area contributed by atoms with Gasteiger partial charge in [0.05, 0.1) is 18.0 Å². The van der Waals surface area contributed by atoms with Crippen LogP contribution in [0.3, 0.4) is 0 Å². The number of fused-ring (bicyclic) bond motifs is 1. The Morgan fingerprint density at radius 1 is 1.03 bits per heavy atom. The topological polar surface area (TPSA) is 75.7 Å². The van der Waals surface area contributed by atoms with Crippen LogP contribution in [0.15, 0.2) is 71.6 Å². The van der Waals surface area contributed by atoms with E-state index in [0.29, 0.717) is 30.8 Å². The maximum atomic E-state index is 13.2. The molecule has 1 N–H and O–H groups in total. The van der Waals surface area contributed by atoms with Crippen LogP contribution >= 0.6 is 0 Å². The van der Waals surface area contributed by atoms with Gasteiger partial charge >= 0.3 is 0 Å². The highest BCUT2D eigenvalue weighted by Crippen LogP contribution is 2.27. The summed E-state index contributed by atoms with van der Waals surface area (Å²) in [6.07, 6.45) is 1.79. The Kier molecular flexibility index (Phi) is 7.00. The fourth-order valence-electron chi connectivity index (χ4n) is 4.38. The molecule has 174 valence electrons. The molecule has 3 aromatic rings. The van der Waals surface area contributed by atoms with Gasteiger partial charge in [0.15, 0.2) is 0 Å². The molecule has 1 heterocycles. The number of ether oxygens (including phenoxy) is 1. The average molecular weight is 467 g/mol. The monoisotopic (exact) mass is 466 g/mol. The van der Waals surface area contributed by atoms with Gasteiger partial charge in [-0.15, -0.1) is 0 Å². The summed E-state index contributed by atoms with van der Waals surface area (Å²) in [5, 5.41) is 5.06. The second-order valence-electron chi connectivity index (χ2n) is 8.43. The van der Waals surface area contributed by atoms with Gasteiger partial charge in [-0.1, -0.05) is 49.4 Å². The predicted molar refractivity (Wildman–Crippen MR) is 130 cm³/mol. The van der Waals surface area contributed by atoms with Crippen LogP contribution in [-0.4, -0.2) is 38.8 Å². The number of carbonyl (C=O) groups is 1. The number of rotatable bonds is 7. The minimum atomic E-state index is -3.59. The first-order valence-electron chi connectivity index (χ1n) is 11.4. The lowest BCUT2D eigenvalue weighted by atomic mass is 9.95. The van der Waals surface area contributed by atoms with Crippen molar-refractivity contribution in [3.8, 4) is 5.75 Å². The summed E-state index contributed by atoms with van der Waals surface area (Å²) >= 11 is 0. The predicted octanol–water partition coefficient (Wildman–Crippen LogP) is 4.52. The Morgan fingerprint density at radius 3 is 2.33 bits per heavy atom. The average Bonchev–Trinajstić information content (AvgIpc) is 2.87. The van der Waals surface area contributed by atoms with Gasteiger partial charge in [0.25, 0.3) is 0 Å². The summed E-state index contributed by atoms with van der Waals surface area (Å²) in [5.41, 5.74) is 1.03. The van der Waals surface area contributed by atoms with Crippen molar-refractivity contribution >= 4 is 26.7 Å².